The number of aromatic nitrogens is 3. The van der Waals surface area contributed by atoms with Gasteiger partial charge in [-0.2, -0.15) is 0 Å². The Hall–Kier alpha value is -2.11. The molecular weight excluding hydrogens is 256 g/mol. The maximum absolute atomic E-state index is 10.6. The van der Waals surface area contributed by atoms with Crippen LogP contribution in [0.1, 0.15) is 19.3 Å². The molecule has 0 radical (unpaired) electrons. The lowest BCUT2D eigenvalue weighted by atomic mass is 10.0. The zero-order valence-electron chi connectivity index (χ0n) is 11.5. The summed E-state index contributed by atoms with van der Waals surface area (Å²) in [5.74, 6) is 0.640. The van der Waals surface area contributed by atoms with Crippen LogP contribution >= 0.6 is 0 Å². The van der Waals surface area contributed by atoms with Gasteiger partial charge in [0.15, 0.2) is 5.82 Å². The van der Waals surface area contributed by atoms with Gasteiger partial charge in [0.25, 0.3) is 0 Å². The van der Waals surface area contributed by atoms with Crippen LogP contribution in [0.4, 0.5) is 5.82 Å². The van der Waals surface area contributed by atoms with E-state index in [1.165, 1.54) is 0 Å². The van der Waals surface area contributed by atoms with Crippen LogP contribution in [0.5, 0.6) is 0 Å². The van der Waals surface area contributed by atoms with Gasteiger partial charge >= 0.3 is 5.97 Å². The van der Waals surface area contributed by atoms with Crippen molar-refractivity contribution in [2.24, 2.45) is 13.0 Å². The van der Waals surface area contributed by atoms with Gasteiger partial charge in [-0.15, -0.1) is 0 Å². The quantitative estimate of drug-likeness (QED) is 0.918. The van der Waals surface area contributed by atoms with E-state index < -0.39 is 5.97 Å². The second-order valence-electron chi connectivity index (χ2n) is 5.39. The highest BCUT2D eigenvalue weighted by Crippen LogP contribution is 2.29. The van der Waals surface area contributed by atoms with E-state index in [9.17, 15) is 4.79 Å². The second kappa shape index (κ2) is 5.11. The first kappa shape index (κ1) is 12.9. The number of hydrogen-bond acceptors (Lipinski definition) is 4. The molecule has 0 spiro atoms. The van der Waals surface area contributed by atoms with Crippen molar-refractivity contribution >= 4 is 22.8 Å². The Balaban J connectivity index is 1.78. The van der Waals surface area contributed by atoms with Crippen LogP contribution in [0.3, 0.4) is 0 Å². The molecule has 2 aromatic heterocycles. The molecule has 6 nitrogen and oxygen atoms in total. The number of rotatable bonds is 4. The van der Waals surface area contributed by atoms with Crippen molar-refractivity contribution in [1.82, 2.24) is 14.5 Å². The van der Waals surface area contributed by atoms with Crippen LogP contribution in [0.15, 0.2) is 18.6 Å². The summed E-state index contributed by atoms with van der Waals surface area (Å²) in [6, 6.07) is 1.96. The van der Waals surface area contributed by atoms with Crippen LogP contribution in [0.25, 0.3) is 11.0 Å². The fraction of sp³-hybridized carbons (Fsp3) is 0.500. The van der Waals surface area contributed by atoms with Crippen molar-refractivity contribution in [2.45, 2.75) is 19.3 Å². The molecule has 0 aromatic carbocycles. The minimum atomic E-state index is -0.714. The lowest BCUT2D eigenvalue weighted by molar-refractivity contribution is -0.137. The van der Waals surface area contributed by atoms with E-state index in [1.54, 1.807) is 6.33 Å². The summed E-state index contributed by atoms with van der Waals surface area (Å²) in [5, 5.41) is 8.76. The van der Waals surface area contributed by atoms with E-state index >= 15 is 0 Å². The molecule has 2 aromatic rings. The molecule has 0 saturated carbocycles. The zero-order valence-corrected chi connectivity index (χ0v) is 11.5. The number of nitrogens with zero attached hydrogens (tertiary/aromatic N) is 4. The fourth-order valence-electron chi connectivity index (χ4n) is 2.87. The molecule has 0 aliphatic carbocycles. The topological polar surface area (TPSA) is 71.2 Å². The maximum Gasteiger partial charge on any atom is 0.303 e. The first-order valence-corrected chi connectivity index (χ1v) is 6.88. The molecule has 0 amide bonds. The Labute approximate surface area is 117 Å². The molecule has 1 unspecified atom stereocenters. The molecule has 1 saturated heterocycles. The highest BCUT2D eigenvalue weighted by atomic mass is 16.4. The summed E-state index contributed by atoms with van der Waals surface area (Å²) in [6.45, 7) is 1.79. The maximum atomic E-state index is 10.6. The minimum absolute atomic E-state index is 0.250. The summed E-state index contributed by atoms with van der Waals surface area (Å²) in [6.07, 6.45) is 5.62. The third kappa shape index (κ3) is 2.33. The Morgan fingerprint density at radius 2 is 2.35 bits per heavy atom. The number of pyridine rings is 1. The number of hydrogen-bond donors (Lipinski definition) is 1. The monoisotopic (exact) mass is 274 g/mol. The molecule has 106 valence electrons. The lowest BCUT2D eigenvalue weighted by Gasteiger charge is -2.17. The minimum Gasteiger partial charge on any atom is -0.481 e. The average molecular weight is 274 g/mol. The SMILES string of the molecule is Cn1cnc2c(N3CCC(CCC(=O)O)C3)nccc21. The lowest BCUT2D eigenvalue weighted by Crippen LogP contribution is -2.21. The molecule has 3 rings (SSSR count). The molecular formula is C14H18N4O2. The van der Waals surface area contributed by atoms with E-state index in [0.29, 0.717) is 5.92 Å². The molecule has 0 bridgehead atoms. The summed E-state index contributed by atoms with van der Waals surface area (Å²) in [7, 11) is 1.97. The van der Waals surface area contributed by atoms with Gasteiger partial charge < -0.3 is 14.6 Å². The van der Waals surface area contributed by atoms with E-state index in [4.69, 9.17) is 5.11 Å². The van der Waals surface area contributed by atoms with Crippen molar-refractivity contribution in [3.8, 4) is 0 Å². The summed E-state index contributed by atoms with van der Waals surface area (Å²) < 4.78 is 1.98. The Bertz CT molecular complexity index is 637. The van der Waals surface area contributed by atoms with Crippen LogP contribution in [-0.4, -0.2) is 38.7 Å². The van der Waals surface area contributed by atoms with Crippen molar-refractivity contribution in [3.63, 3.8) is 0 Å². The van der Waals surface area contributed by atoms with Crippen LogP contribution in [0, 0.1) is 5.92 Å². The molecule has 6 heteroatoms. The number of carbonyl (C=O) groups is 1. The van der Waals surface area contributed by atoms with Gasteiger partial charge in [0.2, 0.25) is 0 Å². The van der Waals surface area contributed by atoms with Gasteiger partial charge in [-0.3, -0.25) is 4.79 Å². The van der Waals surface area contributed by atoms with Crippen molar-refractivity contribution in [2.75, 3.05) is 18.0 Å². The molecule has 20 heavy (non-hydrogen) atoms. The van der Waals surface area contributed by atoms with E-state index in [1.807, 2.05) is 23.9 Å². The number of anilines is 1. The van der Waals surface area contributed by atoms with Gasteiger partial charge in [0, 0.05) is 32.8 Å². The van der Waals surface area contributed by atoms with Gasteiger partial charge in [-0.1, -0.05) is 0 Å². The highest BCUT2D eigenvalue weighted by Gasteiger charge is 2.25. The third-order valence-corrected chi connectivity index (χ3v) is 3.98. The Morgan fingerprint density at radius 3 is 3.15 bits per heavy atom. The molecule has 1 aliphatic rings. The van der Waals surface area contributed by atoms with Gasteiger partial charge in [0.05, 0.1) is 11.8 Å². The smallest absolute Gasteiger partial charge is 0.303 e. The molecule has 1 N–H and O–H groups in total. The largest absolute Gasteiger partial charge is 0.481 e. The Morgan fingerprint density at radius 1 is 1.50 bits per heavy atom. The van der Waals surface area contributed by atoms with Crippen molar-refractivity contribution in [3.05, 3.63) is 18.6 Å². The third-order valence-electron chi connectivity index (χ3n) is 3.98. The van der Waals surface area contributed by atoms with Crippen molar-refractivity contribution in [1.29, 1.82) is 0 Å². The summed E-state index contributed by atoms with van der Waals surface area (Å²) in [5.41, 5.74) is 2.00. The molecule has 1 atom stereocenters. The molecule has 1 fully saturated rings. The zero-order chi connectivity index (χ0) is 14.1. The van der Waals surface area contributed by atoms with Gasteiger partial charge in [-0.05, 0) is 24.8 Å². The number of aliphatic carboxylic acids is 1. The number of aryl methyl sites for hydroxylation is 1. The van der Waals surface area contributed by atoms with Crippen LogP contribution in [-0.2, 0) is 11.8 Å². The number of carboxylic acid groups (broad SMARTS) is 1. The predicted octanol–water partition coefficient (Wildman–Crippen LogP) is 1.66. The van der Waals surface area contributed by atoms with E-state index in [2.05, 4.69) is 14.9 Å². The average Bonchev–Trinajstić information content (AvgIpc) is 3.04. The first-order chi connectivity index (χ1) is 9.65. The van der Waals surface area contributed by atoms with Gasteiger partial charge in [0.1, 0.15) is 5.52 Å². The van der Waals surface area contributed by atoms with Crippen LogP contribution in [0.2, 0.25) is 0 Å². The van der Waals surface area contributed by atoms with E-state index in [0.717, 1.165) is 42.8 Å². The normalized spacial score (nSPS) is 18.9. The predicted molar refractivity (Wildman–Crippen MR) is 75.7 cm³/mol. The molecule has 3 heterocycles. The Kier molecular flexibility index (Phi) is 3.30. The second-order valence-corrected chi connectivity index (χ2v) is 5.39. The fourth-order valence-corrected chi connectivity index (χ4v) is 2.87. The number of fused-ring (bicyclic) bond motifs is 1. The van der Waals surface area contributed by atoms with Gasteiger partial charge in [-0.25, -0.2) is 9.97 Å². The first-order valence-electron chi connectivity index (χ1n) is 6.88. The molecule has 1 aliphatic heterocycles. The van der Waals surface area contributed by atoms with E-state index in [-0.39, 0.29) is 6.42 Å². The number of imidazole rings is 1. The van der Waals surface area contributed by atoms with Crippen molar-refractivity contribution < 1.29 is 9.90 Å². The number of carboxylic acids is 1. The highest BCUT2D eigenvalue weighted by molar-refractivity contribution is 5.86. The standard InChI is InChI=1S/C14H18N4O2/c1-17-9-16-13-11(17)4-6-15-14(13)18-7-5-10(8-18)2-3-12(19)20/h4,6,9-10H,2-3,5,7-8H2,1H3,(H,19,20). The summed E-state index contributed by atoms with van der Waals surface area (Å²) in [4.78, 5) is 21.8. The summed E-state index contributed by atoms with van der Waals surface area (Å²) >= 11 is 0. The van der Waals surface area contributed by atoms with Crippen LogP contribution < -0.4 is 4.90 Å².